The van der Waals surface area contributed by atoms with Crippen LogP contribution in [-0.4, -0.2) is 36.1 Å². The number of rotatable bonds is 6. The highest BCUT2D eigenvalue weighted by molar-refractivity contribution is 5.99. The number of amides is 1. The number of fused-ring (bicyclic) bond motifs is 3. The van der Waals surface area contributed by atoms with E-state index in [-0.39, 0.29) is 5.91 Å². The lowest BCUT2D eigenvalue weighted by Gasteiger charge is -2.20. The van der Waals surface area contributed by atoms with Crippen molar-refractivity contribution in [2.45, 2.75) is 51.8 Å². The number of carbonyl (C=O) groups is 1. The van der Waals surface area contributed by atoms with Crippen LogP contribution in [0.4, 0.5) is 0 Å². The Balaban J connectivity index is 1.74. The van der Waals surface area contributed by atoms with Gasteiger partial charge in [-0.2, -0.15) is 0 Å². The molecule has 1 fully saturated rings. The van der Waals surface area contributed by atoms with Gasteiger partial charge in [-0.1, -0.05) is 0 Å². The minimum absolute atomic E-state index is 0.0514. The summed E-state index contributed by atoms with van der Waals surface area (Å²) >= 11 is 0. The summed E-state index contributed by atoms with van der Waals surface area (Å²) in [7, 11) is 0. The van der Waals surface area contributed by atoms with Crippen LogP contribution in [0, 0.1) is 5.92 Å². The van der Waals surface area contributed by atoms with Crippen LogP contribution in [-0.2, 0) is 17.9 Å². The molecule has 0 unspecified atom stereocenters. The molecule has 1 amide bonds. The van der Waals surface area contributed by atoms with E-state index in [1.807, 2.05) is 16.7 Å². The molecule has 3 heterocycles. The van der Waals surface area contributed by atoms with Gasteiger partial charge in [-0.15, -0.1) is 0 Å². The molecule has 0 aromatic carbocycles. The molecule has 1 aliphatic rings. The van der Waals surface area contributed by atoms with Crippen molar-refractivity contribution in [2.24, 2.45) is 5.92 Å². The molecule has 4 rings (SSSR count). The monoisotopic (exact) mass is 353 g/mol. The molecule has 0 saturated heterocycles. The van der Waals surface area contributed by atoms with E-state index in [4.69, 9.17) is 0 Å². The Morgan fingerprint density at radius 1 is 1.35 bits per heavy atom. The van der Waals surface area contributed by atoms with Crippen LogP contribution in [0.2, 0.25) is 0 Å². The van der Waals surface area contributed by atoms with Crippen LogP contribution in [0.3, 0.4) is 0 Å². The fourth-order valence-electron chi connectivity index (χ4n) is 3.20. The van der Waals surface area contributed by atoms with Crippen molar-refractivity contribution < 1.29 is 9.90 Å². The summed E-state index contributed by atoms with van der Waals surface area (Å²) in [6.07, 6.45) is 6.32. The van der Waals surface area contributed by atoms with E-state index in [2.05, 4.69) is 20.3 Å². The van der Waals surface area contributed by atoms with Gasteiger partial charge in [0.25, 0.3) is 0 Å². The third-order valence-corrected chi connectivity index (χ3v) is 4.57. The van der Waals surface area contributed by atoms with Crippen molar-refractivity contribution in [1.82, 2.24) is 24.8 Å². The number of aromatic nitrogens is 4. The summed E-state index contributed by atoms with van der Waals surface area (Å²) < 4.78 is 1.95. The van der Waals surface area contributed by atoms with Gasteiger partial charge in [0.05, 0.1) is 35.9 Å². The Morgan fingerprint density at radius 3 is 2.88 bits per heavy atom. The SMILES string of the molecule is CC(C)(O)Cn1c(CNC(=O)CC2CC2)nc2cnc3cccnc3c21. The van der Waals surface area contributed by atoms with E-state index >= 15 is 0 Å². The Hall–Kier alpha value is -2.54. The van der Waals surface area contributed by atoms with Gasteiger partial charge in [0.1, 0.15) is 16.9 Å². The van der Waals surface area contributed by atoms with Gasteiger partial charge in [-0.3, -0.25) is 14.8 Å². The fourth-order valence-corrected chi connectivity index (χ4v) is 3.20. The van der Waals surface area contributed by atoms with E-state index in [0.29, 0.717) is 36.8 Å². The smallest absolute Gasteiger partial charge is 0.220 e. The molecule has 7 heteroatoms. The zero-order valence-corrected chi connectivity index (χ0v) is 15.1. The molecule has 2 N–H and O–H groups in total. The van der Waals surface area contributed by atoms with Gasteiger partial charge in [-0.25, -0.2) is 4.98 Å². The first kappa shape index (κ1) is 16.9. The van der Waals surface area contributed by atoms with Crippen LogP contribution in [0.25, 0.3) is 22.1 Å². The lowest BCUT2D eigenvalue weighted by molar-refractivity contribution is -0.121. The average molecular weight is 353 g/mol. The van der Waals surface area contributed by atoms with Crippen LogP contribution in [0.1, 0.15) is 38.9 Å². The highest BCUT2D eigenvalue weighted by Gasteiger charge is 2.25. The normalized spacial score (nSPS) is 14.9. The predicted molar refractivity (Wildman–Crippen MR) is 98.3 cm³/mol. The predicted octanol–water partition coefficient (Wildman–Crippen LogP) is 2.17. The van der Waals surface area contributed by atoms with Gasteiger partial charge >= 0.3 is 0 Å². The standard InChI is InChI=1S/C19H23N5O2/c1-19(2,26)11-24-15(10-22-16(25)8-12-5-6-12)23-14-9-21-13-4-3-7-20-17(13)18(14)24/h3-4,7,9,12,26H,5-6,8,10-11H2,1-2H3,(H,22,25). The molecule has 0 atom stereocenters. The molecule has 136 valence electrons. The molecule has 1 saturated carbocycles. The Kier molecular flexibility index (Phi) is 4.11. The van der Waals surface area contributed by atoms with Crippen LogP contribution in [0.5, 0.6) is 0 Å². The van der Waals surface area contributed by atoms with Crippen LogP contribution < -0.4 is 5.32 Å². The highest BCUT2D eigenvalue weighted by atomic mass is 16.3. The Bertz CT molecular complexity index is 969. The Morgan fingerprint density at radius 2 is 2.15 bits per heavy atom. The summed E-state index contributed by atoms with van der Waals surface area (Å²) in [4.78, 5) is 25.6. The van der Waals surface area contributed by atoms with Crippen molar-refractivity contribution in [3.63, 3.8) is 0 Å². The van der Waals surface area contributed by atoms with Crippen molar-refractivity contribution in [3.8, 4) is 0 Å². The van der Waals surface area contributed by atoms with Crippen molar-refractivity contribution in [1.29, 1.82) is 0 Å². The maximum Gasteiger partial charge on any atom is 0.220 e. The molecule has 3 aromatic heterocycles. The fraction of sp³-hybridized carbons (Fsp3) is 0.474. The second-order valence-corrected chi connectivity index (χ2v) is 7.71. The van der Waals surface area contributed by atoms with Crippen molar-refractivity contribution in [3.05, 3.63) is 30.4 Å². The van der Waals surface area contributed by atoms with Crippen molar-refractivity contribution in [2.75, 3.05) is 0 Å². The number of carbonyl (C=O) groups excluding carboxylic acids is 1. The van der Waals surface area contributed by atoms with Gasteiger partial charge in [0.2, 0.25) is 5.91 Å². The lowest BCUT2D eigenvalue weighted by Crippen LogP contribution is -2.30. The molecular formula is C19H23N5O2. The first-order valence-corrected chi connectivity index (χ1v) is 8.98. The van der Waals surface area contributed by atoms with Gasteiger partial charge in [0, 0.05) is 12.6 Å². The molecule has 0 spiro atoms. The third-order valence-electron chi connectivity index (χ3n) is 4.57. The molecule has 1 aliphatic carbocycles. The molecule has 0 aliphatic heterocycles. The molecule has 26 heavy (non-hydrogen) atoms. The summed E-state index contributed by atoms with van der Waals surface area (Å²) in [5.41, 5.74) is 2.15. The average Bonchev–Trinajstić information content (AvgIpc) is 3.33. The summed E-state index contributed by atoms with van der Waals surface area (Å²) in [5.74, 6) is 1.30. The van der Waals surface area contributed by atoms with Gasteiger partial charge in [0.15, 0.2) is 0 Å². The zero-order chi connectivity index (χ0) is 18.3. The number of hydrogen-bond donors (Lipinski definition) is 2. The van der Waals surface area contributed by atoms with Crippen molar-refractivity contribution >= 4 is 28.0 Å². The molecule has 3 aromatic rings. The number of imidazole rings is 1. The van der Waals surface area contributed by atoms with E-state index in [0.717, 1.165) is 29.4 Å². The second kappa shape index (κ2) is 6.32. The number of hydrogen-bond acceptors (Lipinski definition) is 5. The molecule has 0 bridgehead atoms. The van der Waals surface area contributed by atoms with E-state index in [1.54, 1.807) is 26.2 Å². The molecular weight excluding hydrogens is 330 g/mol. The van der Waals surface area contributed by atoms with Gasteiger partial charge in [-0.05, 0) is 44.7 Å². The molecule has 7 nitrogen and oxygen atoms in total. The minimum atomic E-state index is -0.926. The van der Waals surface area contributed by atoms with Gasteiger partial charge < -0.3 is 15.0 Å². The number of pyridine rings is 2. The quantitative estimate of drug-likeness (QED) is 0.708. The summed E-state index contributed by atoms with van der Waals surface area (Å²) in [5, 5.41) is 13.3. The largest absolute Gasteiger partial charge is 0.389 e. The third kappa shape index (κ3) is 3.53. The maximum absolute atomic E-state index is 12.1. The highest BCUT2D eigenvalue weighted by Crippen LogP contribution is 2.32. The minimum Gasteiger partial charge on any atom is -0.389 e. The number of nitrogens with one attached hydrogen (secondary N) is 1. The number of aliphatic hydroxyl groups is 1. The second-order valence-electron chi connectivity index (χ2n) is 7.71. The summed E-state index contributed by atoms with van der Waals surface area (Å²) in [6, 6.07) is 3.75. The maximum atomic E-state index is 12.1. The zero-order valence-electron chi connectivity index (χ0n) is 15.1. The van der Waals surface area contributed by atoms with Crippen LogP contribution >= 0.6 is 0 Å². The first-order chi connectivity index (χ1) is 12.4. The number of nitrogens with zero attached hydrogens (tertiary/aromatic N) is 4. The molecule has 0 radical (unpaired) electrons. The topological polar surface area (TPSA) is 92.9 Å². The first-order valence-electron chi connectivity index (χ1n) is 8.98. The summed E-state index contributed by atoms with van der Waals surface area (Å²) in [6.45, 7) is 4.19. The van der Waals surface area contributed by atoms with Crippen LogP contribution in [0.15, 0.2) is 24.5 Å². The van der Waals surface area contributed by atoms with E-state index < -0.39 is 5.60 Å². The van der Waals surface area contributed by atoms with E-state index in [9.17, 15) is 9.90 Å². The Labute approximate surface area is 151 Å². The lowest BCUT2D eigenvalue weighted by atomic mass is 10.1. The van der Waals surface area contributed by atoms with E-state index in [1.165, 1.54) is 0 Å².